The molecule has 0 radical (unpaired) electrons. The number of hydrogen-bond donors (Lipinski definition) is 3. The van der Waals surface area contributed by atoms with Gasteiger partial charge in [-0.3, -0.25) is 14.4 Å². The number of carbonyl (C=O) groups excluding carboxylic acids is 3. The van der Waals surface area contributed by atoms with Crippen molar-refractivity contribution < 1.29 is 18.8 Å². The molecule has 9 heteroatoms. The van der Waals surface area contributed by atoms with Crippen LogP contribution in [0.5, 0.6) is 0 Å². The Morgan fingerprint density at radius 2 is 2.00 bits per heavy atom. The maximum absolute atomic E-state index is 14.0. The number of nitrogens with zero attached hydrogens (tertiary/aromatic N) is 2. The molecule has 1 aromatic carbocycles. The van der Waals surface area contributed by atoms with Gasteiger partial charge in [0.2, 0.25) is 17.7 Å². The number of aromatic amines is 1. The Bertz CT molecular complexity index is 1070. The predicted molar refractivity (Wildman–Crippen MR) is 131 cm³/mol. The second kappa shape index (κ2) is 11.2. The van der Waals surface area contributed by atoms with Gasteiger partial charge in [0.25, 0.3) is 0 Å². The third-order valence-electron chi connectivity index (χ3n) is 7.14. The molecule has 0 unspecified atom stereocenters. The number of amides is 3. The highest BCUT2D eigenvalue weighted by molar-refractivity contribution is 5.88. The number of rotatable bonds is 10. The molecule has 2 fully saturated rings. The Morgan fingerprint density at radius 3 is 2.71 bits per heavy atom. The highest BCUT2D eigenvalue weighted by atomic mass is 19.1. The van der Waals surface area contributed by atoms with Crippen molar-refractivity contribution in [2.24, 2.45) is 5.92 Å². The molecular weight excluding hydrogens is 449 g/mol. The lowest BCUT2D eigenvalue weighted by atomic mass is 9.99. The minimum absolute atomic E-state index is 0.0339. The maximum Gasteiger partial charge on any atom is 0.243 e. The fourth-order valence-electron chi connectivity index (χ4n) is 4.87. The fourth-order valence-corrected chi connectivity index (χ4v) is 4.87. The molecule has 1 aliphatic carbocycles. The summed E-state index contributed by atoms with van der Waals surface area (Å²) in [5.41, 5.74) is 0.767. The van der Waals surface area contributed by atoms with Crippen LogP contribution in [0, 0.1) is 11.7 Å². The normalized spacial score (nSPS) is 19.9. The van der Waals surface area contributed by atoms with Gasteiger partial charge in [-0.25, -0.2) is 9.37 Å². The van der Waals surface area contributed by atoms with Crippen LogP contribution in [0.3, 0.4) is 0 Å². The van der Waals surface area contributed by atoms with E-state index in [1.54, 1.807) is 19.1 Å². The number of halogens is 1. The third-order valence-corrected chi connectivity index (χ3v) is 7.14. The average molecular weight is 486 g/mol. The van der Waals surface area contributed by atoms with Gasteiger partial charge in [-0.1, -0.05) is 13.0 Å². The number of nitrogens with one attached hydrogen (secondary N) is 3. The smallest absolute Gasteiger partial charge is 0.243 e. The quantitative estimate of drug-likeness (QED) is 0.477. The molecule has 1 aromatic heterocycles. The van der Waals surface area contributed by atoms with E-state index in [0.29, 0.717) is 23.7 Å². The number of para-hydroxylation sites is 1. The van der Waals surface area contributed by atoms with E-state index in [1.807, 2.05) is 4.90 Å². The Kier molecular flexibility index (Phi) is 8.03. The monoisotopic (exact) mass is 485 g/mol. The summed E-state index contributed by atoms with van der Waals surface area (Å²) in [7, 11) is 0. The van der Waals surface area contributed by atoms with E-state index >= 15 is 0 Å². The van der Waals surface area contributed by atoms with Gasteiger partial charge < -0.3 is 20.5 Å². The van der Waals surface area contributed by atoms with Gasteiger partial charge in [0.15, 0.2) is 5.82 Å². The number of likely N-dealkylation sites (tertiary alicyclic amines) is 1. The second-order valence-corrected chi connectivity index (χ2v) is 9.94. The Hall–Kier alpha value is -2.97. The molecule has 35 heavy (non-hydrogen) atoms. The third kappa shape index (κ3) is 6.38. The number of piperidine rings is 1. The SMILES string of the molecule is CC[C@H]1CCCCN1C(=O)CC[C@H](NC(=O)CC1CC1)C(=O)N[C@@H](C)c1nc2c(F)cccc2[nH]1. The second-order valence-electron chi connectivity index (χ2n) is 9.94. The number of carbonyl (C=O) groups is 3. The first-order valence-electron chi connectivity index (χ1n) is 12.9. The van der Waals surface area contributed by atoms with Crippen LogP contribution in [0.25, 0.3) is 11.0 Å². The molecule has 0 bridgehead atoms. The summed E-state index contributed by atoms with van der Waals surface area (Å²) in [6.07, 6.45) is 6.97. The van der Waals surface area contributed by atoms with Gasteiger partial charge in [0.05, 0.1) is 11.6 Å². The molecule has 2 aliphatic rings. The predicted octanol–water partition coefficient (Wildman–Crippen LogP) is 3.74. The number of benzene rings is 1. The number of imidazole rings is 1. The molecule has 190 valence electrons. The van der Waals surface area contributed by atoms with Crippen molar-refractivity contribution in [1.29, 1.82) is 0 Å². The van der Waals surface area contributed by atoms with Crippen molar-refractivity contribution >= 4 is 28.8 Å². The van der Waals surface area contributed by atoms with E-state index in [-0.39, 0.29) is 42.1 Å². The van der Waals surface area contributed by atoms with Gasteiger partial charge in [-0.2, -0.15) is 0 Å². The largest absolute Gasteiger partial charge is 0.345 e. The topological polar surface area (TPSA) is 107 Å². The summed E-state index contributed by atoms with van der Waals surface area (Å²) >= 11 is 0. The van der Waals surface area contributed by atoms with Crippen LogP contribution in [0.1, 0.15) is 83.5 Å². The van der Waals surface area contributed by atoms with Crippen molar-refractivity contribution in [3.63, 3.8) is 0 Å². The van der Waals surface area contributed by atoms with E-state index in [9.17, 15) is 18.8 Å². The Morgan fingerprint density at radius 1 is 1.20 bits per heavy atom. The van der Waals surface area contributed by atoms with E-state index in [4.69, 9.17) is 0 Å². The summed E-state index contributed by atoms with van der Waals surface area (Å²) in [5, 5.41) is 5.73. The van der Waals surface area contributed by atoms with Gasteiger partial charge in [0, 0.05) is 25.4 Å². The highest BCUT2D eigenvalue weighted by Gasteiger charge is 2.30. The van der Waals surface area contributed by atoms with Crippen molar-refractivity contribution in [2.75, 3.05) is 6.54 Å². The highest BCUT2D eigenvalue weighted by Crippen LogP contribution is 2.32. The van der Waals surface area contributed by atoms with Gasteiger partial charge in [-0.15, -0.1) is 0 Å². The zero-order chi connectivity index (χ0) is 24.9. The first-order chi connectivity index (χ1) is 16.9. The maximum atomic E-state index is 14.0. The summed E-state index contributed by atoms with van der Waals surface area (Å²) in [5.74, 6) is -0.119. The van der Waals surface area contributed by atoms with Crippen LogP contribution in [0.2, 0.25) is 0 Å². The Labute approximate surface area is 205 Å². The molecule has 4 rings (SSSR count). The minimum atomic E-state index is -0.821. The van der Waals surface area contributed by atoms with Crippen molar-refractivity contribution in [3.8, 4) is 0 Å². The van der Waals surface area contributed by atoms with Crippen molar-refractivity contribution in [3.05, 3.63) is 29.8 Å². The molecular formula is C26H36FN5O3. The fraction of sp³-hybridized carbons (Fsp3) is 0.615. The molecule has 2 heterocycles. The summed E-state index contributed by atoms with van der Waals surface area (Å²) in [6.45, 7) is 4.60. The molecule has 1 saturated heterocycles. The molecule has 3 atom stereocenters. The zero-order valence-corrected chi connectivity index (χ0v) is 20.6. The lowest BCUT2D eigenvalue weighted by molar-refractivity contribution is -0.136. The first-order valence-corrected chi connectivity index (χ1v) is 12.9. The van der Waals surface area contributed by atoms with E-state index in [2.05, 4.69) is 27.5 Å². The molecule has 3 N–H and O–H groups in total. The van der Waals surface area contributed by atoms with Crippen LogP contribution in [0.15, 0.2) is 18.2 Å². The first kappa shape index (κ1) is 25.1. The van der Waals surface area contributed by atoms with Crippen LogP contribution < -0.4 is 10.6 Å². The van der Waals surface area contributed by atoms with Crippen molar-refractivity contribution in [1.82, 2.24) is 25.5 Å². The number of aromatic nitrogens is 2. The minimum Gasteiger partial charge on any atom is -0.345 e. The van der Waals surface area contributed by atoms with Crippen LogP contribution >= 0.6 is 0 Å². The lowest BCUT2D eigenvalue weighted by Gasteiger charge is -2.35. The number of H-pyrrole nitrogens is 1. The van der Waals surface area contributed by atoms with Crippen LogP contribution in [0.4, 0.5) is 4.39 Å². The van der Waals surface area contributed by atoms with E-state index in [1.165, 1.54) is 6.07 Å². The Balaban J connectivity index is 1.41. The molecule has 8 nitrogen and oxygen atoms in total. The molecule has 2 aromatic rings. The molecule has 0 spiro atoms. The molecule has 1 aliphatic heterocycles. The average Bonchev–Trinajstić information content (AvgIpc) is 3.54. The summed E-state index contributed by atoms with van der Waals surface area (Å²) in [6, 6.07) is 3.56. The van der Waals surface area contributed by atoms with Crippen LogP contribution in [-0.4, -0.2) is 51.2 Å². The number of fused-ring (bicyclic) bond motifs is 1. The lowest BCUT2D eigenvalue weighted by Crippen LogP contribution is -2.49. The number of hydrogen-bond acceptors (Lipinski definition) is 4. The van der Waals surface area contributed by atoms with Crippen LogP contribution in [-0.2, 0) is 14.4 Å². The summed E-state index contributed by atoms with van der Waals surface area (Å²) < 4.78 is 14.0. The van der Waals surface area contributed by atoms with Crippen molar-refractivity contribution in [2.45, 2.75) is 89.8 Å². The van der Waals surface area contributed by atoms with Gasteiger partial charge in [-0.05, 0) is 69.9 Å². The van der Waals surface area contributed by atoms with Gasteiger partial charge in [0.1, 0.15) is 17.4 Å². The standard InChI is InChI=1S/C26H36FN5O3/c1-3-18-7-4-5-14-32(18)23(34)13-12-21(29-22(33)15-17-10-11-17)26(35)28-16(2)25-30-20-9-6-8-19(27)24(20)31-25/h6,8-9,16-18,21H,3-5,7,10-15H2,1-2H3,(H,28,35)(H,29,33)(H,30,31)/t16-,18-,21-/m0/s1. The molecule has 3 amide bonds. The van der Waals surface area contributed by atoms with Gasteiger partial charge >= 0.3 is 0 Å². The summed E-state index contributed by atoms with van der Waals surface area (Å²) in [4.78, 5) is 48.0. The zero-order valence-electron chi connectivity index (χ0n) is 20.6. The van der Waals surface area contributed by atoms with E-state index < -0.39 is 17.9 Å². The van der Waals surface area contributed by atoms with E-state index in [0.717, 1.165) is 45.1 Å². The molecule has 1 saturated carbocycles.